The minimum Gasteiger partial charge on any atom is -0.313 e. The van der Waals surface area contributed by atoms with E-state index in [0.717, 1.165) is 11.8 Å². The van der Waals surface area contributed by atoms with Crippen LogP contribution in [0.25, 0.3) is 0 Å². The fraction of sp³-hybridized carbons (Fsp3) is 0.692. The van der Waals surface area contributed by atoms with Crippen LogP contribution < -0.4 is 5.32 Å². The lowest BCUT2D eigenvalue weighted by molar-refractivity contribution is 0.229. The zero-order valence-corrected chi connectivity index (χ0v) is 10.2. The standard InChI is InChI=1S/C13H21N3/c1-10-4-3-5-11(8-10)13(14-2)12-6-7-15-16-9-12/h6-7,9-11,13-14H,3-5,8H2,1-2H3. The number of nitrogens with zero attached hydrogens (tertiary/aromatic N) is 2. The summed E-state index contributed by atoms with van der Waals surface area (Å²) >= 11 is 0. The average Bonchev–Trinajstić information content (AvgIpc) is 2.31. The summed E-state index contributed by atoms with van der Waals surface area (Å²) in [7, 11) is 2.05. The van der Waals surface area contributed by atoms with Gasteiger partial charge in [0.2, 0.25) is 0 Å². The first-order chi connectivity index (χ1) is 7.81. The molecule has 16 heavy (non-hydrogen) atoms. The van der Waals surface area contributed by atoms with Crippen LogP contribution in [0, 0.1) is 11.8 Å². The highest BCUT2D eigenvalue weighted by Gasteiger charge is 2.26. The van der Waals surface area contributed by atoms with Crippen molar-refractivity contribution in [2.24, 2.45) is 11.8 Å². The van der Waals surface area contributed by atoms with Gasteiger partial charge in [-0.05, 0) is 43.4 Å². The van der Waals surface area contributed by atoms with Gasteiger partial charge >= 0.3 is 0 Å². The minimum atomic E-state index is 0.443. The zero-order valence-electron chi connectivity index (χ0n) is 10.2. The van der Waals surface area contributed by atoms with Gasteiger partial charge < -0.3 is 5.32 Å². The molecule has 3 atom stereocenters. The van der Waals surface area contributed by atoms with Gasteiger partial charge in [-0.2, -0.15) is 10.2 Å². The van der Waals surface area contributed by atoms with Crippen molar-refractivity contribution in [2.45, 2.75) is 38.6 Å². The summed E-state index contributed by atoms with van der Waals surface area (Å²) in [6.07, 6.45) is 9.09. The van der Waals surface area contributed by atoms with Gasteiger partial charge in [0.15, 0.2) is 0 Å². The molecule has 3 unspecified atom stereocenters. The molecule has 1 heterocycles. The Morgan fingerprint density at radius 1 is 1.38 bits per heavy atom. The molecule has 0 bridgehead atoms. The second kappa shape index (κ2) is 5.39. The lowest BCUT2D eigenvalue weighted by Crippen LogP contribution is -2.29. The Hall–Kier alpha value is -0.960. The summed E-state index contributed by atoms with van der Waals surface area (Å²) in [4.78, 5) is 0. The van der Waals surface area contributed by atoms with Gasteiger partial charge in [-0.1, -0.05) is 19.8 Å². The van der Waals surface area contributed by atoms with Crippen molar-refractivity contribution in [1.29, 1.82) is 0 Å². The maximum atomic E-state index is 3.98. The van der Waals surface area contributed by atoms with Crippen molar-refractivity contribution in [2.75, 3.05) is 7.05 Å². The third-order valence-electron chi connectivity index (χ3n) is 3.73. The van der Waals surface area contributed by atoms with E-state index in [2.05, 4.69) is 28.5 Å². The number of nitrogens with one attached hydrogen (secondary N) is 1. The van der Waals surface area contributed by atoms with Crippen LogP contribution in [0.5, 0.6) is 0 Å². The largest absolute Gasteiger partial charge is 0.313 e. The normalized spacial score (nSPS) is 27.6. The Bertz CT molecular complexity index is 312. The lowest BCUT2D eigenvalue weighted by Gasteiger charge is -2.33. The van der Waals surface area contributed by atoms with Crippen LogP contribution in [-0.4, -0.2) is 17.2 Å². The average molecular weight is 219 g/mol. The smallest absolute Gasteiger partial charge is 0.0544 e. The van der Waals surface area contributed by atoms with E-state index in [-0.39, 0.29) is 0 Å². The van der Waals surface area contributed by atoms with Gasteiger partial charge in [-0.3, -0.25) is 0 Å². The Balaban J connectivity index is 2.10. The molecule has 0 aliphatic heterocycles. The van der Waals surface area contributed by atoms with E-state index in [4.69, 9.17) is 0 Å². The van der Waals surface area contributed by atoms with Crippen LogP contribution in [0.4, 0.5) is 0 Å². The topological polar surface area (TPSA) is 37.8 Å². The molecular formula is C13H21N3. The molecule has 1 aromatic heterocycles. The molecule has 1 N–H and O–H groups in total. The van der Waals surface area contributed by atoms with Crippen LogP contribution in [0.2, 0.25) is 0 Å². The van der Waals surface area contributed by atoms with Gasteiger partial charge in [-0.25, -0.2) is 0 Å². The van der Waals surface area contributed by atoms with Crippen molar-refractivity contribution in [1.82, 2.24) is 15.5 Å². The second-order valence-electron chi connectivity index (χ2n) is 4.97. The second-order valence-corrected chi connectivity index (χ2v) is 4.97. The van der Waals surface area contributed by atoms with Crippen molar-refractivity contribution in [3.8, 4) is 0 Å². The molecule has 0 spiro atoms. The number of hydrogen-bond donors (Lipinski definition) is 1. The monoisotopic (exact) mass is 219 g/mol. The molecule has 1 aromatic rings. The third kappa shape index (κ3) is 2.59. The Kier molecular flexibility index (Phi) is 3.88. The SMILES string of the molecule is CNC(c1ccnnc1)C1CCCC(C)C1. The molecule has 0 aromatic carbocycles. The molecule has 1 fully saturated rings. The molecule has 1 aliphatic rings. The first kappa shape index (κ1) is 11.5. The van der Waals surface area contributed by atoms with E-state index in [1.807, 2.05) is 13.2 Å². The highest BCUT2D eigenvalue weighted by Crippen LogP contribution is 2.36. The van der Waals surface area contributed by atoms with Crippen molar-refractivity contribution < 1.29 is 0 Å². The van der Waals surface area contributed by atoms with Crippen LogP contribution >= 0.6 is 0 Å². The van der Waals surface area contributed by atoms with Crippen molar-refractivity contribution >= 4 is 0 Å². The van der Waals surface area contributed by atoms with E-state index in [1.165, 1.54) is 31.2 Å². The number of hydrogen-bond acceptors (Lipinski definition) is 3. The molecule has 1 saturated carbocycles. The molecule has 3 heteroatoms. The van der Waals surface area contributed by atoms with Crippen LogP contribution in [0.15, 0.2) is 18.5 Å². The Morgan fingerprint density at radius 2 is 2.25 bits per heavy atom. The molecule has 1 aliphatic carbocycles. The number of rotatable bonds is 3. The van der Waals surface area contributed by atoms with Gasteiger partial charge in [0.1, 0.15) is 0 Å². The highest BCUT2D eigenvalue weighted by atomic mass is 15.1. The predicted molar refractivity (Wildman–Crippen MR) is 65.0 cm³/mol. The van der Waals surface area contributed by atoms with Gasteiger partial charge in [0, 0.05) is 12.2 Å². The fourth-order valence-corrected chi connectivity index (χ4v) is 2.94. The third-order valence-corrected chi connectivity index (χ3v) is 3.73. The first-order valence-corrected chi connectivity index (χ1v) is 6.25. The van der Waals surface area contributed by atoms with Crippen molar-refractivity contribution in [3.05, 3.63) is 24.0 Å². The molecule has 3 nitrogen and oxygen atoms in total. The van der Waals surface area contributed by atoms with E-state index in [1.54, 1.807) is 6.20 Å². The van der Waals surface area contributed by atoms with Gasteiger partial charge in [0.05, 0.1) is 6.20 Å². The zero-order chi connectivity index (χ0) is 11.4. The van der Waals surface area contributed by atoms with E-state index in [9.17, 15) is 0 Å². The lowest BCUT2D eigenvalue weighted by atomic mass is 9.77. The predicted octanol–water partition coefficient (Wildman–Crippen LogP) is 2.56. The summed E-state index contributed by atoms with van der Waals surface area (Å²) in [6.45, 7) is 2.36. The van der Waals surface area contributed by atoms with Crippen molar-refractivity contribution in [3.63, 3.8) is 0 Å². The van der Waals surface area contributed by atoms with E-state index < -0.39 is 0 Å². The van der Waals surface area contributed by atoms with E-state index in [0.29, 0.717) is 6.04 Å². The molecule has 0 amide bonds. The van der Waals surface area contributed by atoms with Gasteiger partial charge in [0.25, 0.3) is 0 Å². The molecule has 0 saturated heterocycles. The summed E-state index contributed by atoms with van der Waals surface area (Å²) < 4.78 is 0. The maximum Gasteiger partial charge on any atom is 0.0544 e. The van der Waals surface area contributed by atoms with Crippen LogP contribution in [0.1, 0.15) is 44.2 Å². The highest BCUT2D eigenvalue weighted by molar-refractivity contribution is 5.13. The summed E-state index contributed by atoms with van der Waals surface area (Å²) in [5, 5.41) is 11.3. The number of aromatic nitrogens is 2. The molecule has 88 valence electrons. The minimum absolute atomic E-state index is 0.443. The Labute approximate surface area is 97.7 Å². The van der Waals surface area contributed by atoms with Crippen LogP contribution in [0.3, 0.4) is 0 Å². The molecule has 0 radical (unpaired) electrons. The molecule has 2 rings (SSSR count). The quantitative estimate of drug-likeness (QED) is 0.849. The Morgan fingerprint density at radius 3 is 2.88 bits per heavy atom. The summed E-state index contributed by atoms with van der Waals surface area (Å²) in [5.41, 5.74) is 1.27. The van der Waals surface area contributed by atoms with Crippen LogP contribution in [-0.2, 0) is 0 Å². The summed E-state index contributed by atoms with van der Waals surface area (Å²) in [5.74, 6) is 1.61. The first-order valence-electron chi connectivity index (χ1n) is 6.25. The fourth-order valence-electron chi connectivity index (χ4n) is 2.94. The maximum absolute atomic E-state index is 3.98. The molecular weight excluding hydrogens is 198 g/mol. The van der Waals surface area contributed by atoms with Gasteiger partial charge in [-0.15, -0.1) is 0 Å². The van der Waals surface area contributed by atoms with E-state index >= 15 is 0 Å². The summed E-state index contributed by atoms with van der Waals surface area (Å²) in [6, 6.07) is 2.52.